The van der Waals surface area contributed by atoms with E-state index in [1.54, 1.807) is 0 Å². The molecule has 1 aromatic carbocycles. The van der Waals surface area contributed by atoms with E-state index in [-0.39, 0.29) is 6.04 Å². The van der Waals surface area contributed by atoms with Crippen LogP contribution in [0.1, 0.15) is 17.2 Å². The molecule has 0 aromatic heterocycles. The van der Waals surface area contributed by atoms with Crippen LogP contribution in [0.2, 0.25) is 0 Å². The molecule has 15 heavy (non-hydrogen) atoms. The van der Waals surface area contributed by atoms with Crippen LogP contribution < -0.4 is 0 Å². The molecule has 0 amide bonds. The third-order valence-corrected chi connectivity index (χ3v) is 2.26. The van der Waals surface area contributed by atoms with Crippen LogP contribution in [0.3, 0.4) is 0 Å². The van der Waals surface area contributed by atoms with Crippen molar-refractivity contribution in [2.24, 2.45) is 0 Å². The van der Waals surface area contributed by atoms with E-state index in [1.807, 2.05) is 43.3 Å². The molecular formula is C12H13N3. The Hall–Kier alpha value is -1.84. The first-order valence-corrected chi connectivity index (χ1v) is 4.71. The van der Waals surface area contributed by atoms with Crippen molar-refractivity contribution >= 4 is 0 Å². The minimum Gasteiger partial charge on any atom is -0.291 e. The van der Waals surface area contributed by atoms with Crippen molar-refractivity contribution in [3.63, 3.8) is 0 Å². The van der Waals surface area contributed by atoms with Crippen LogP contribution in [-0.2, 0) is 6.42 Å². The van der Waals surface area contributed by atoms with Gasteiger partial charge in [-0.1, -0.05) is 24.3 Å². The molecule has 0 saturated heterocycles. The van der Waals surface area contributed by atoms with Gasteiger partial charge < -0.3 is 0 Å². The molecule has 3 nitrogen and oxygen atoms in total. The highest BCUT2D eigenvalue weighted by molar-refractivity contribution is 5.34. The molecule has 0 heterocycles. The summed E-state index contributed by atoms with van der Waals surface area (Å²) >= 11 is 0. The molecule has 1 aromatic rings. The zero-order valence-electron chi connectivity index (χ0n) is 8.94. The number of nitriles is 2. The van der Waals surface area contributed by atoms with Gasteiger partial charge in [-0.2, -0.15) is 10.5 Å². The van der Waals surface area contributed by atoms with Gasteiger partial charge in [0.15, 0.2) is 0 Å². The molecule has 3 heteroatoms. The molecule has 0 N–H and O–H groups in total. The van der Waals surface area contributed by atoms with Crippen LogP contribution in [0, 0.1) is 22.7 Å². The second kappa shape index (κ2) is 5.14. The van der Waals surface area contributed by atoms with Gasteiger partial charge in [-0.05, 0) is 25.2 Å². The van der Waals surface area contributed by atoms with E-state index in [1.165, 1.54) is 0 Å². The topological polar surface area (TPSA) is 50.8 Å². The van der Waals surface area contributed by atoms with Crippen LogP contribution in [0.4, 0.5) is 0 Å². The van der Waals surface area contributed by atoms with Crippen LogP contribution in [-0.4, -0.2) is 19.0 Å². The highest BCUT2D eigenvalue weighted by Crippen LogP contribution is 2.21. The van der Waals surface area contributed by atoms with E-state index in [0.29, 0.717) is 6.42 Å². The van der Waals surface area contributed by atoms with E-state index >= 15 is 0 Å². The molecule has 0 aliphatic rings. The molecule has 0 fully saturated rings. The molecule has 1 unspecified atom stereocenters. The number of hydrogen-bond donors (Lipinski definition) is 0. The van der Waals surface area contributed by atoms with Crippen LogP contribution in [0.5, 0.6) is 0 Å². The highest BCUT2D eigenvalue weighted by atomic mass is 15.1. The Balaban J connectivity index is 3.13. The van der Waals surface area contributed by atoms with Crippen molar-refractivity contribution < 1.29 is 0 Å². The lowest BCUT2D eigenvalue weighted by atomic mass is 9.99. The Morgan fingerprint density at radius 1 is 1.27 bits per heavy atom. The average molecular weight is 199 g/mol. The van der Waals surface area contributed by atoms with E-state index in [9.17, 15) is 0 Å². The molecule has 0 spiro atoms. The standard InChI is InChI=1S/C12H13N3/c1-15(2)12(9-14)11-6-4-3-5-10(11)7-8-13/h3-6,12H,7H2,1-2H3. The third kappa shape index (κ3) is 2.56. The van der Waals surface area contributed by atoms with Crippen LogP contribution >= 0.6 is 0 Å². The van der Waals surface area contributed by atoms with Gasteiger partial charge >= 0.3 is 0 Å². The summed E-state index contributed by atoms with van der Waals surface area (Å²) in [4.78, 5) is 1.84. The zero-order valence-corrected chi connectivity index (χ0v) is 8.94. The third-order valence-electron chi connectivity index (χ3n) is 2.26. The predicted octanol–water partition coefficient (Wildman–Crippen LogP) is 1.88. The largest absolute Gasteiger partial charge is 0.291 e. The lowest BCUT2D eigenvalue weighted by molar-refractivity contribution is 0.357. The first-order valence-electron chi connectivity index (χ1n) is 4.71. The highest BCUT2D eigenvalue weighted by Gasteiger charge is 2.15. The fourth-order valence-corrected chi connectivity index (χ4v) is 1.51. The van der Waals surface area contributed by atoms with Crippen molar-refractivity contribution in [2.75, 3.05) is 14.1 Å². The summed E-state index contributed by atoms with van der Waals surface area (Å²) in [5, 5.41) is 17.8. The van der Waals surface area contributed by atoms with Crippen molar-refractivity contribution in [2.45, 2.75) is 12.5 Å². The number of benzene rings is 1. The number of rotatable bonds is 3. The Labute approximate surface area is 90.2 Å². The smallest absolute Gasteiger partial charge is 0.123 e. The van der Waals surface area contributed by atoms with Crippen molar-refractivity contribution in [3.8, 4) is 12.1 Å². The van der Waals surface area contributed by atoms with Crippen LogP contribution in [0.25, 0.3) is 0 Å². The summed E-state index contributed by atoms with van der Waals surface area (Å²) < 4.78 is 0. The summed E-state index contributed by atoms with van der Waals surface area (Å²) in [5.74, 6) is 0. The van der Waals surface area contributed by atoms with Crippen molar-refractivity contribution in [1.82, 2.24) is 4.90 Å². The summed E-state index contributed by atoms with van der Waals surface area (Å²) in [7, 11) is 3.72. The summed E-state index contributed by atoms with van der Waals surface area (Å²) in [5.41, 5.74) is 1.85. The quantitative estimate of drug-likeness (QED) is 0.746. The first kappa shape index (κ1) is 11.2. The summed E-state index contributed by atoms with van der Waals surface area (Å²) in [6.07, 6.45) is 0.349. The minimum atomic E-state index is -0.283. The molecule has 1 rings (SSSR count). The Morgan fingerprint density at radius 3 is 2.47 bits per heavy atom. The Bertz CT molecular complexity index is 410. The molecule has 0 aliphatic heterocycles. The van der Waals surface area contributed by atoms with Gasteiger partial charge in [-0.3, -0.25) is 4.90 Å². The first-order chi connectivity index (χ1) is 7.20. The lowest BCUT2D eigenvalue weighted by Crippen LogP contribution is -2.19. The second-order valence-electron chi connectivity index (χ2n) is 3.53. The monoisotopic (exact) mass is 199 g/mol. The second-order valence-corrected chi connectivity index (χ2v) is 3.53. The molecular weight excluding hydrogens is 186 g/mol. The lowest BCUT2D eigenvalue weighted by Gasteiger charge is -2.19. The predicted molar refractivity (Wildman–Crippen MR) is 57.8 cm³/mol. The van der Waals surface area contributed by atoms with Gasteiger partial charge in [-0.25, -0.2) is 0 Å². The summed E-state index contributed by atoms with van der Waals surface area (Å²) in [6, 6.07) is 11.6. The Morgan fingerprint density at radius 2 is 1.93 bits per heavy atom. The van der Waals surface area contributed by atoms with Crippen LogP contribution in [0.15, 0.2) is 24.3 Å². The van der Waals surface area contributed by atoms with Gasteiger partial charge in [-0.15, -0.1) is 0 Å². The SMILES string of the molecule is CN(C)C(C#N)c1ccccc1CC#N. The zero-order chi connectivity index (χ0) is 11.3. The van der Waals surface area contributed by atoms with Gasteiger partial charge in [0.05, 0.1) is 18.6 Å². The van der Waals surface area contributed by atoms with Crippen molar-refractivity contribution in [3.05, 3.63) is 35.4 Å². The van der Waals surface area contributed by atoms with E-state index in [2.05, 4.69) is 12.1 Å². The maximum Gasteiger partial charge on any atom is 0.123 e. The normalized spacial score (nSPS) is 11.8. The average Bonchev–Trinajstić information content (AvgIpc) is 2.21. The number of hydrogen-bond acceptors (Lipinski definition) is 3. The fourth-order valence-electron chi connectivity index (χ4n) is 1.51. The van der Waals surface area contributed by atoms with E-state index in [4.69, 9.17) is 10.5 Å². The summed E-state index contributed by atoms with van der Waals surface area (Å²) in [6.45, 7) is 0. The van der Waals surface area contributed by atoms with Gasteiger partial charge in [0.1, 0.15) is 6.04 Å². The minimum absolute atomic E-state index is 0.283. The molecule has 0 aliphatic carbocycles. The molecule has 0 radical (unpaired) electrons. The maximum atomic E-state index is 9.07. The van der Waals surface area contributed by atoms with Gasteiger partial charge in [0.2, 0.25) is 0 Å². The molecule has 0 bridgehead atoms. The van der Waals surface area contributed by atoms with Gasteiger partial charge in [0, 0.05) is 0 Å². The fraction of sp³-hybridized carbons (Fsp3) is 0.333. The van der Waals surface area contributed by atoms with Gasteiger partial charge in [0.25, 0.3) is 0 Å². The van der Waals surface area contributed by atoms with E-state index in [0.717, 1.165) is 11.1 Å². The molecule has 76 valence electrons. The molecule has 0 saturated carbocycles. The molecule has 1 atom stereocenters. The van der Waals surface area contributed by atoms with Crippen molar-refractivity contribution in [1.29, 1.82) is 10.5 Å². The van der Waals surface area contributed by atoms with E-state index < -0.39 is 0 Å². The number of nitrogens with zero attached hydrogens (tertiary/aromatic N) is 3. The maximum absolute atomic E-state index is 9.07. The Kier molecular flexibility index (Phi) is 3.85.